The molecular weight excluding hydrogens is 543 g/mol. The van der Waals surface area contributed by atoms with Crippen molar-refractivity contribution in [3.63, 3.8) is 0 Å². The molecule has 1 saturated heterocycles. The standard InChI is InChI=1S/C32H30ClFN4O3/c1-36-19-28(23-10-11-38(30(39)14-23)17-24-8-5-9-29(33)31(24)34)27-15-25(16-35-32(27)36)37-12-13-40-21-26(18-37)41-20-22-6-3-2-4-7-22/h2-11,14-16,19,26H,12-13,17-18,20-21H2,1H3. The van der Waals surface area contributed by atoms with Crippen molar-refractivity contribution >= 4 is 28.3 Å². The van der Waals surface area contributed by atoms with Crippen LogP contribution in [0.3, 0.4) is 0 Å². The molecule has 7 nitrogen and oxygen atoms in total. The molecular formula is C32H30ClFN4O3. The molecule has 6 rings (SSSR count). The minimum absolute atomic E-state index is 0.0382. The maximum absolute atomic E-state index is 14.4. The zero-order valence-electron chi connectivity index (χ0n) is 22.7. The van der Waals surface area contributed by atoms with Crippen LogP contribution >= 0.6 is 11.6 Å². The molecule has 210 valence electrons. The quantitative estimate of drug-likeness (QED) is 0.252. The van der Waals surface area contributed by atoms with Crippen molar-refractivity contribution in [1.82, 2.24) is 14.1 Å². The first-order valence-electron chi connectivity index (χ1n) is 13.5. The van der Waals surface area contributed by atoms with E-state index in [1.54, 1.807) is 24.4 Å². The molecule has 0 radical (unpaired) electrons. The minimum Gasteiger partial charge on any atom is -0.377 e. The molecule has 1 aliphatic rings. The molecule has 0 N–H and O–H groups in total. The summed E-state index contributed by atoms with van der Waals surface area (Å²) in [5.74, 6) is -0.510. The van der Waals surface area contributed by atoms with Crippen molar-refractivity contribution < 1.29 is 13.9 Å². The Morgan fingerprint density at radius 2 is 1.98 bits per heavy atom. The highest BCUT2D eigenvalue weighted by Gasteiger charge is 2.21. The first kappa shape index (κ1) is 27.2. The van der Waals surface area contributed by atoms with E-state index < -0.39 is 5.82 Å². The fourth-order valence-corrected chi connectivity index (χ4v) is 5.41. The third kappa shape index (κ3) is 5.91. The van der Waals surface area contributed by atoms with Crippen LogP contribution in [0.5, 0.6) is 0 Å². The number of hydrogen-bond acceptors (Lipinski definition) is 5. The van der Waals surface area contributed by atoms with E-state index in [1.807, 2.05) is 48.3 Å². The summed E-state index contributed by atoms with van der Waals surface area (Å²) in [5, 5.41) is 0.978. The van der Waals surface area contributed by atoms with Crippen LogP contribution in [-0.2, 0) is 29.7 Å². The number of pyridine rings is 2. The number of aromatic nitrogens is 3. The van der Waals surface area contributed by atoms with Crippen molar-refractivity contribution in [1.29, 1.82) is 0 Å². The Labute approximate surface area is 242 Å². The minimum atomic E-state index is -0.510. The molecule has 1 aliphatic heterocycles. The van der Waals surface area contributed by atoms with Gasteiger partial charge in [0.05, 0.1) is 49.4 Å². The topological polar surface area (TPSA) is 61.5 Å². The molecule has 0 amide bonds. The van der Waals surface area contributed by atoms with Gasteiger partial charge in [0.2, 0.25) is 0 Å². The molecule has 9 heteroatoms. The molecule has 41 heavy (non-hydrogen) atoms. The van der Waals surface area contributed by atoms with Crippen LogP contribution in [0, 0.1) is 5.82 Å². The van der Waals surface area contributed by atoms with Gasteiger partial charge in [-0.3, -0.25) is 4.79 Å². The Hall–Kier alpha value is -3.98. The van der Waals surface area contributed by atoms with Gasteiger partial charge in [0, 0.05) is 55.1 Å². The summed E-state index contributed by atoms with van der Waals surface area (Å²) < 4.78 is 29.9. The van der Waals surface area contributed by atoms with Crippen molar-refractivity contribution in [3.05, 3.63) is 118 Å². The number of ether oxygens (including phenoxy) is 2. The Kier molecular flexibility index (Phi) is 7.87. The predicted molar refractivity (Wildman–Crippen MR) is 159 cm³/mol. The maximum atomic E-state index is 14.4. The fourth-order valence-electron chi connectivity index (χ4n) is 5.22. The van der Waals surface area contributed by atoms with Gasteiger partial charge in [0.1, 0.15) is 11.5 Å². The largest absolute Gasteiger partial charge is 0.377 e. The fraction of sp³-hybridized carbons (Fsp3) is 0.250. The first-order chi connectivity index (χ1) is 20.0. The van der Waals surface area contributed by atoms with Gasteiger partial charge >= 0.3 is 0 Å². The lowest BCUT2D eigenvalue weighted by atomic mass is 10.1. The Morgan fingerprint density at radius 1 is 1.12 bits per heavy atom. The molecule has 0 saturated carbocycles. The SMILES string of the molecule is Cn1cc(-c2ccn(Cc3cccc(Cl)c3F)c(=O)c2)c2cc(N3CCOCC(OCc4ccccc4)C3)cnc21. The van der Waals surface area contributed by atoms with Gasteiger partial charge < -0.3 is 23.5 Å². The van der Waals surface area contributed by atoms with Crippen LogP contribution in [0.1, 0.15) is 11.1 Å². The molecule has 5 aromatic rings. The lowest BCUT2D eigenvalue weighted by Crippen LogP contribution is -2.34. The van der Waals surface area contributed by atoms with E-state index in [0.717, 1.165) is 40.0 Å². The van der Waals surface area contributed by atoms with Gasteiger partial charge in [0.25, 0.3) is 5.56 Å². The van der Waals surface area contributed by atoms with Gasteiger partial charge in [-0.1, -0.05) is 54.1 Å². The zero-order chi connectivity index (χ0) is 28.3. The summed E-state index contributed by atoms with van der Waals surface area (Å²) in [6.45, 7) is 3.14. The number of halogens is 2. The van der Waals surface area contributed by atoms with E-state index >= 15 is 0 Å². The predicted octanol–water partition coefficient (Wildman–Crippen LogP) is 5.66. The van der Waals surface area contributed by atoms with E-state index in [4.69, 9.17) is 26.1 Å². The van der Waals surface area contributed by atoms with Crippen LogP contribution in [0.25, 0.3) is 22.2 Å². The van der Waals surface area contributed by atoms with Crippen LogP contribution in [-0.4, -0.2) is 46.5 Å². The summed E-state index contributed by atoms with van der Waals surface area (Å²) in [6.07, 6.45) is 5.47. The van der Waals surface area contributed by atoms with Crippen molar-refractivity contribution in [2.24, 2.45) is 7.05 Å². The Morgan fingerprint density at radius 3 is 2.80 bits per heavy atom. The van der Waals surface area contributed by atoms with E-state index in [9.17, 15) is 9.18 Å². The Bertz CT molecular complexity index is 1740. The smallest absolute Gasteiger partial charge is 0.251 e. The molecule has 1 unspecified atom stereocenters. The second-order valence-corrected chi connectivity index (χ2v) is 10.7. The number of benzene rings is 2. The normalized spacial score (nSPS) is 15.8. The lowest BCUT2D eigenvalue weighted by molar-refractivity contribution is -0.00795. The summed E-state index contributed by atoms with van der Waals surface area (Å²) >= 11 is 5.92. The van der Waals surface area contributed by atoms with Crippen LogP contribution in [0.15, 0.2) is 90.1 Å². The second-order valence-electron chi connectivity index (χ2n) is 10.3. The summed E-state index contributed by atoms with van der Waals surface area (Å²) in [6, 6.07) is 20.5. The van der Waals surface area contributed by atoms with Gasteiger partial charge in [-0.25, -0.2) is 9.37 Å². The van der Waals surface area contributed by atoms with E-state index in [2.05, 4.69) is 23.1 Å². The number of hydrogen-bond donors (Lipinski definition) is 0. The zero-order valence-corrected chi connectivity index (χ0v) is 23.4. The molecule has 4 heterocycles. The van der Waals surface area contributed by atoms with E-state index in [0.29, 0.717) is 31.9 Å². The summed E-state index contributed by atoms with van der Waals surface area (Å²) in [5.41, 5.74) is 4.71. The van der Waals surface area contributed by atoms with Gasteiger partial charge in [-0.15, -0.1) is 0 Å². The van der Waals surface area contributed by atoms with Crippen LogP contribution < -0.4 is 10.5 Å². The highest BCUT2D eigenvalue weighted by atomic mass is 35.5. The van der Waals surface area contributed by atoms with Crippen LogP contribution in [0.2, 0.25) is 5.02 Å². The third-order valence-electron chi connectivity index (χ3n) is 7.41. The summed E-state index contributed by atoms with van der Waals surface area (Å²) in [7, 11) is 1.94. The molecule has 2 aromatic carbocycles. The average Bonchev–Trinajstić information content (AvgIpc) is 3.14. The third-order valence-corrected chi connectivity index (χ3v) is 7.70. The number of rotatable bonds is 7. The van der Waals surface area contributed by atoms with Crippen molar-refractivity contribution in [2.45, 2.75) is 19.3 Å². The lowest BCUT2D eigenvalue weighted by Gasteiger charge is -2.25. The van der Waals surface area contributed by atoms with Gasteiger partial charge in [0.15, 0.2) is 0 Å². The first-order valence-corrected chi connectivity index (χ1v) is 13.9. The number of fused-ring (bicyclic) bond motifs is 1. The number of nitrogens with zero attached hydrogens (tertiary/aromatic N) is 4. The summed E-state index contributed by atoms with van der Waals surface area (Å²) in [4.78, 5) is 20.1. The Balaban J connectivity index is 1.26. The highest BCUT2D eigenvalue weighted by Crippen LogP contribution is 2.32. The van der Waals surface area contributed by atoms with Crippen LogP contribution in [0.4, 0.5) is 10.1 Å². The molecule has 0 spiro atoms. The molecule has 1 fully saturated rings. The maximum Gasteiger partial charge on any atom is 0.251 e. The monoisotopic (exact) mass is 572 g/mol. The molecule has 0 bridgehead atoms. The molecule has 0 aliphatic carbocycles. The van der Waals surface area contributed by atoms with Gasteiger partial charge in [-0.2, -0.15) is 0 Å². The van der Waals surface area contributed by atoms with Crippen molar-refractivity contribution in [2.75, 3.05) is 31.2 Å². The number of anilines is 1. The van der Waals surface area contributed by atoms with Gasteiger partial charge in [-0.05, 0) is 29.3 Å². The average molecular weight is 573 g/mol. The van der Waals surface area contributed by atoms with E-state index in [-0.39, 0.29) is 23.2 Å². The molecule has 3 aromatic heterocycles. The molecule has 1 atom stereocenters. The van der Waals surface area contributed by atoms with Crippen molar-refractivity contribution in [3.8, 4) is 11.1 Å². The highest BCUT2D eigenvalue weighted by molar-refractivity contribution is 6.30. The number of aryl methyl sites for hydroxylation is 1. The second kappa shape index (κ2) is 11.9. The van der Waals surface area contributed by atoms with E-state index in [1.165, 1.54) is 10.6 Å².